The van der Waals surface area contributed by atoms with Crippen LogP contribution in [0.15, 0.2) is 152 Å². The molecule has 0 saturated carbocycles. The lowest BCUT2D eigenvalue weighted by atomic mass is 9.78. The van der Waals surface area contributed by atoms with Crippen molar-refractivity contribution in [2.75, 3.05) is 0 Å². The van der Waals surface area contributed by atoms with Crippen LogP contribution in [-0.4, -0.2) is 4.57 Å². The second-order valence-electron chi connectivity index (χ2n) is 26.3. The van der Waals surface area contributed by atoms with Gasteiger partial charge < -0.3 is 4.74 Å². The molecule has 1 spiro atoms. The predicted molar refractivity (Wildman–Crippen MR) is 308 cm³/mol. The van der Waals surface area contributed by atoms with E-state index in [1.54, 1.807) is 4.57 Å². The van der Waals surface area contributed by atoms with E-state index in [1.807, 2.05) is 26.8 Å². The lowest BCUT2D eigenvalue weighted by molar-refractivity contribution is -0.997. The zero-order chi connectivity index (χ0) is 58.5. The number of pyridine rings is 1. The molecule has 0 bridgehead atoms. The van der Waals surface area contributed by atoms with Gasteiger partial charge in [-0.25, -0.2) is 0 Å². The molecule has 12 rings (SSSR count). The van der Waals surface area contributed by atoms with Crippen molar-refractivity contribution in [1.82, 2.24) is 4.57 Å². The summed E-state index contributed by atoms with van der Waals surface area (Å²) in [6.07, 6.45) is -0.292. The van der Waals surface area contributed by atoms with E-state index >= 15 is 0 Å². The van der Waals surface area contributed by atoms with Crippen molar-refractivity contribution >= 4 is 11.0 Å². The Morgan fingerprint density at radius 2 is 1.09 bits per heavy atom. The average molecular weight is 979 g/mol. The fourth-order valence-electron chi connectivity index (χ4n) is 11.5. The molecule has 74 heavy (non-hydrogen) atoms. The maximum absolute atomic E-state index is 10.6. The summed E-state index contributed by atoms with van der Waals surface area (Å²) in [6, 6.07) is 37.9. The Hall–Kier alpha value is -7.04. The van der Waals surface area contributed by atoms with Gasteiger partial charge in [-0.3, -0.25) is 0 Å². The van der Waals surface area contributed by atoms with Gasteiger partial charge in [-0.05, 0) is 132 Å². The van der Waals surface area contributed by atoms with E-state index in [9.17, 15) is 9.60 Å². The van der Waals surface area contributed by atoms with E-state index in [0.29, 0.717) is 17.0 Å². The smallest absolute Gasteiger partial charge is 0.392 e. The third kappa shape index (κ3) is 7.14. The Bertz CT molecular complexity index is 4200. The molecule has 2 aromatic heterocycles. The summed E-state index contributed by atoms with van der Waals surface area (Å²) >= 11 is 0. The van der Waals surface area contributed by atoms with Crippen LogP contribution in [0.1, 0.15) is 152 Å². The first-order chi connectivity index (χ1) is 37.7. The number of rotatable bonds is 4. The highest BCUT2D eigenvalue weighted by Crippen LogP contribution is 2.57. The number of para-hydroxylation sites is 1. The number of benzene rings is 7. The van der Waals surface area contributed by atoms with E-state index < -0.39 is 28.1 Å². The Morgan fingerprint density at radius 1 is 0.486 bits per heavy atom. The minimum absolute atomic E-state index is 0.0652. The number of nitrogens with zero attached hydrogens (tertiary/aromatic N) is 3. The zero-order valence-corrected chi connectivity index (χ0v) is 46.1. The van der Waals surface area contributed by atoms with Crippen LogP contribution in [0.4, 0.5) is 0 Å². The van der Waals surface area contributed by atoms with E-state index in [0.717, 1.165) is 89.3 Å². The summed E-state index contributed by atoms with van der Waals surface area (Å²) in [4.78, 5) is 0. The number of fused-ring (bicyclic) bond motifs is 5. The Balaban J connectivity index is 1.32. The van der Waals surface area contributed by atoms with E-state index in [4.69, 9.17) is 4.74 Å². The van der Waals surface area contributed by atoms with Crippen LogP contribution in [0.25, 0.3) is 83.9 Å². The van der Waals surface area contributed by atoms with Gasteiger partial charge in [-0.1, -0.05) is 195 Å². The number of hydrogen-bond acceptors (Lipinski definition) is 1. The summed E-state index contributed by atoms with van der Waals surface area (Å²) < 4.78 is 83.7. The summed E-state index contributed by atoms with van der Waals surface area (Å²) in [6.45, 7) is 34.3. The number of ether oxygens (including phenoxy) is 1. The van der Waals surface area contributed by atoms with Crippen LogP contribution in [0.5, 0.6) is 5.75 Å². The molecule has 372 valence electrons. The molecule has 0 amide bonds. The Kier molecular flexibility index (Phi) is 8.59. The van der Waals surface area contributed by atoms with Crippen LogP contribution < -0.4 is 13.9 Å². The lowest BCUT2D eigenvalue weighted by Crippen LogP contribution is -2.78. The second-order valence-corrected chi connectivity index (χ2v) is 26.3. The monoisotopic (exact) mass is 979 g/mol. The highest BCUT2D eigenvalue weighted by molar-refractivity contribution is 5.99. The molecule has 3 aliphatic rings. The van der Waals surface area contributed by atoms with E-state index in [2.05, 4.69) is 202 Å². The number of aromatic nitrogens is 3. The third-order valence-corrected chi connectivity index (χ3v) is 15.7. The van der Waals surface area contributed by atoms with Crippen LogP contribution in [0.3, 0.4) is 0 Å². The molecule has 5 heterocycles. The van der Waals surface area contributed by atoms with Gasteiger partial charge in [-0.2, -0.15) is 4.57 Å². The molecule has 0 radical (unpaired) electrons. The summed E-state index contributed by atoms with van der Waals surface area (Å²) in [5.41, 5.74) is 14.7. The summed E-state index contributed by atoms with van der Waals surface area (Å²) in [5.74, 6) is -0.320. The van der Waals surface area contributed by atoms with Crippen LogP contribution in [0, 0.1) is 6.92 Å². The maximum atomic E-state index is 10.6. The van der Waals surface area contributed by atoms with Crippen molar-refractivity contribution in [2.24, 2.45) is 0 Å². The lowest BCUT2D eigenvalue weighted by Gasteiger charge is -2.36. The third-order valence-electron chi connectivity index (χ3n) is 15.7. The van der Waals surface area contributed by atoms with E-state index in [1.165, 1.54) is 5.56 Å². The minimum atomic E-state index is -1.76. The first-order valence-electron chi connectivity index (χ1n) is 29.9. The zero-order valence-electron chi connectivity index (χ0n) is 53.1. The molecule has 0 saturated heterocycles. The second kappa shape index (κ2) is 15.7. The van der Waals surface area contributed by atoms with Crippen LogP contribution in [0.2, 0.25) is 0 Å². The highest BCUT2D eigenvalue weighted by Gasteiger charge is 2.69. The molecule has 4 nitrogen and oxygen atoms in total. The van der Waals surface area contributed by atoms with Gasteiger partial charge in [0.2, 0.25) is 5.69 Å². The molecule has 7 aromatic carbocycles. The summed E-state index contributed by atoms with van der Waals surface area (Å²) in [7, 11) is 0. The first-order valence-corrected chi connectivity index (χ1v) is 26.4. The SMILES string of the molecule is [2H]c1c([2H])c(C(C)(C)C)c([2H])c([2H])c1-c1c([2H])c([2H])[n+]2c(c1[2H])-c1cc(C(C)(C)C)cc3c1C21Oc2c(cc(C(C)(C)C)cc2C(C)(C)C)-c2n(-c4cc(-c5ccccc5)c(C)cc4-c4ccc(C(C)(C)C)cc4)c4cccc-3c4[n+]21. The van der Waals surface area contributed by atoms with Crippen molar-refractivity contribution in [1.29, 1.82) is 0 Å². The van der Waals surface area contributed by atoms with Crippen molar-refractivity contribution in [3.63, 3.8) is 0 Å². The molecule has 1 atom stereocenters. The van der Waals surface area contributed by atoms with Gasteiger partial charge in [0.15, 0.2) is 23.0 Å². The average Bonchev–Trinajstić information content (AvgIpc) is 1.64. The van der Waals surface area contributed by atoms with Crippen molar-refractivity contribution < 1.29 is 23.5 Å². The van der Waals surface area contributed by atoms with E-state index in [-0.39, 0.29) is 63.9 Å². The number of imidazole rings is 1. The van der Waals surface area contributed by atoms with Gasteiger partial charge in [-0.15, -0.1) is 9.13 Å². The molecule has 4 heteroatoms. The molecule has 0 fully saturated rings. The molecule has 9 aromatic rings. The fourth-order valence-corrected chi connectivity index (χ4v) is 11.5. The quantitative estimate of drug-likeness (QED) is 0.161. The molecule has 0 N–H and O–H groups in total. The molecular formula is C70H73N3O+2. The predicted octanol–water partition coefficient (Wildman–Crippen LogP) is 17.2. The van der Waals surface area contributed by atoms with Crippen molar-refractivity contribution in [3.05, 3.63) is 191 Å². The van der Waals surface area contributed by atoms with Gasteiger partial charge in [0.25, 0.3) is 0 Å². The molecule has 0 aliphatic carbocycles. The van der Waals surface area contributed by atoms with Gasteiger partial charge in [0.05, 0.1) is 13.8 Å². The minimum Gasteiger partial charge on any atom is -0.392 e. The Labute approximate surface area is 450 Å². The number of hydrogen-bond donors (Lipinski definition) is 0. The molecular weight excluding hydrogens is 899 g/mol. The molecule has 3 aliphatic heterocycles. The number of aryl methyl sites for hydroxylation is 1. The fraction of sp³-hybridized carbons (Fsp3) is 0.314. The topological polar surface area (TPSA) is 21.9 Å². The van der Waals surface area contributed by atoms with Gasteiger partial charge >= 0.3 is 11.7 Å². The van der Waals surface area contributed by atoms with Gasteiger partial charge in [0.1, 0.15) is 18.2 Å². The highest BCUT2D eigenvalue weighted by atomic mass is 16.5. The van der Waals surface area contributed by atoms with Crippen molar-refractivity contribution in [2.45, 2.75) is 144 Å². The standard InChI is InChI=1S/C70H73N3O/c1-42-35-53(45-27-31-48(32-28-45)66(5,6)7)60(41-52(42)44-21-18-17-19-22-44)72-58-24-20-23-51-54-37-49(67(8,9)10)38-55-59-36-46(43-25-29-47(30-26-43)65(2,3)4)33-34-71(59)70(61(54)55)73(62(51)58)64(72)56-39-50(68(11,12)13)40-57(63(56)74-70)69(14,15)16/h17-41H,1-16H3/q+2/i25D,26D,29D,30D,33D,34D,36D. The van der Waals surface area contributed by atoms with Crippen molar-refractivity contribution in [3.8, 4) is 78.6 Å². The normalized spacial score (nSPS) is 17.1. The molecule has 1 unspecified atom stereocenters. The van der Waals surface area contributed by atoms with Crippen LogP contribution >= 0.6 is 0 Å². The largest absolute Gasteiger partial charge is 0.499 e. The maximum Gasteiger partial charge on any atom is 0.499 e. The Morgan fingerprint density at radius 3 is 1.73 bits per heavy atom. The summed E-state index contributed by atoms with van der Waals surface area (Å²) in [5, 5.41) is 0. The van der Waals surface area contributed by atoms with Gasteiger partial charge in [0, 0.05) is 34.3 Å². The first kappa shape index (κ1) is 40.4. The van der Waals surface area contributed by atoms with Crippen LogP contribution in [-0.2, 0) is 32.9 Å².